The smallest absolute Gasteiger partial charge is 0.238 e. The number of imide groups is 1. The zero-order chi connectivity index (χ0) is 27.7. The third-order valence-electron chi connectivity index (χ3n) is 8.25. The third-order valence-corrected chi connectivity index (χ3v) is 8.79. The summed E-state index contributed by atoms with van der Waals surface area (Å²) in [7, 11) is 1.39. The molecule has 1 heterocycles. The molecule has 2 amide bonds. The number of carbonyl (C=O) groups excluding carboxylic acids is 4. The van der Waals surface area contributed by atoms with Gasteiger partial charge in [0.2, 0.25) is 11.8 Å². The van der Waals surface area contributed by atoms with Crippen LogP contribution in [0.2, 0.25) is 10.0 Å². The molecule has 1 N–H and O–H groups in total. The van der Waals surface area contributed by atoms with E-state index >= 15 is 0 Å². The number of benzene rings is 2. The van der Waals surface area contributed by atoms with Crippen LogP contribution in [0, 0.1) is 17.8 Å². The molecule has 7 nitrogen and oxygen atoms in total. The van der Waals surface area contributed by atoms with Crippen LogP contribution >= 0.6 is 23.2 Å². The van der Waals surface area contributed by atoms with Crippen LogP contribution in [0.1, 0.15) is 31.2 Å². The molecule has 0 bridgehead atoms. The first-order chi connectivity index (χ1) is 18.6. The molecule has 0 aromatic heterocycles. The van der Waals surface area contributed by atoms with Crippen molar-refractivity contribution in [1.82, 2.24) is 0 Å². The highest BCUT2D eigenvalue weighted by atomic mass is 35.5. The lowest BCUT2D eigenvalue weighted by molar-refractivity contribution is -0.123. The molecule has 0 saturated carbocycles. The third kappa shape index (κ3) is 3.79. The molecule has 198 valence electrons. The Labute approximate surface area is 234 Å². The minimum absolute atomic E-state index is 0.0326. The highest BCUT2D eigenvalue weighted by Crippen LogP contribution is 2.56. The van der Waals surface area contributed by atoms with Crippen LogP contribution in [0.15, 0.2) is 70.8 Å². The number of Topliss-reactive ketones (excluding diaryl/α,β-unsaturated/α-hetero) is 1. The van der Waals surface area contributed by atoms with Crippen molar-refractivity contribution < 1.29 is 29.0 Å². The Morgan fingerprint density at radius 1 is 1.00 bits per heavy atom. The van der Waals surface area contributed by atoms with Gasteiger partial charge in [-0.2, -0.15) is 0 Å². The van der Waals surface area contributed by atoms with Gasteiger partial charge in [-0.15, -0.1) is 0 Å². The minimum Gasteiger partial charge on any atom is -0.503 e. The molecule has 4 atom stereocenters. The van der Waals surface area contributed by atoms with Crippen LogP contribution in [-0.2, 0) is 19.2 Å². The molecule has 0 unspecified atom stereocenters. The van der Waals surface area contributed by atoms with Crippen LogP contribution < -0.4 is 9.64 Å². The average Bonchev–Trinajstić information content (AvgIpc) is 3.18. The number of allylic oxidation sites excluding steroid dienone is 6. The van der Waals surface area contributed by atoms with Crippen molar-refractivity contribution in [1.29, 1.82) is 0 Å². The van der Waals surface area contributed by atoms with Crippen molar-refractivity contribution in [3.63, 3.8) is 0 Å². The lowest BCUT2D eigenvalue weighted by atomic mass is 9.59. The molecule has 0 spiro atoms. The number of phenolic OH excluding ortho intramolecular Hbond substituents is 1. The van der Waals surface area contributed by atoms with E-state index in [0.29, 0.717) is 39.4 Å². The van der Waals surface area contributed by atoms with E-state index in [-0.39, 0.29) is 46.3 Å². The van der Waals surface area contributed by atoms with E-state index in [1.54, 1.807) is 43.3 Å². The first-order valence-electron chi connectivity index (χ1n) is 12.5. The zero-order valence-electron chi connectivity index (χ0n) is 21.0. The number of ketones is 2. The molecule has 2 aromatic rings. The van der Waals surface area contributed by atoms with Gasteiger partial charge < -0.3 is 9.84 Å². The summed E-state index contributed by atoms with van der Waals surface area (Å²) < 4.78 is 5.32. The molecule has 1 fully saturated rings. The standard InChI is InChI=1S/C30H23Cl2NO6/c1-13-9-22(34)26-20(27(13)35)12-19-17(24(26)14-10-21(32)28(36)23(11-14)39-2)7-8-18-25(19)30(38)33(29(18)37)16-5-3-15(31)4-6-16/h3-7,9-11,18-19,24-25,36H,8,12H2,1-2H3/t18-,19+,24-,25-/m0/s1. The monoisotopic (exact) mass is 563 g/mol. The van der Waals surface area contributed by atoms with Crippen molar-refractivity contribution in [2.45, 2.75) is 25.7 Å². The van der Waals surface area contributed by atoms with Gasteiger partial charge >= 0.3 is 0 Å². The van der Waals surface area contributed by atoms with Crippen LogP contribution in [0.4, 0.5) is 5.69 Å². The average molecular weight is 564 g/mol. The summed E-state index contributed by atoms with van der Waals surface area (Å²) in [5, 5.41) is 10.9. The number of ether oxygens (including phenoxy) is 1. The first-order valence-corrected chi connectivity index (χ1v) is 13.3. The number of aromatic hydroxyl groups is 1. The number of carbonyl (C=O) groups is 4. The molecule has 6 rings (SSSR count). The Kier molecular flexibility index (Phi) is 6.04. The minimum atomic E-state index is -0.701. The maximum atomic E-state index is 13.9. The Hall–Kier alpha value is -3.68. The van der Waals surface area contributed by atoms with Crippen molar-refractivity contribution in [3.05, 3.63) is 86.5 Å². The maximum Gasteiger partial charge on any atom is 0.238 e. The first kappa shape index (κ1) is 25.6. The van der Waals surface area contributed by atoms with Gasteiger partial charge in [0.15, 0.2) is 23.1 Å². The summed E-state index contributed by atoms with van der Waals surface area (Å²) >= 11 is 12.4. The second kappa shape index (κ2) is 9.21. The number of halogens is 2. The predicted octanol–water partition coefficient (Wildman–Crippen LogP) is 5.34. The Balaban J connectivity index is 1.51. The van der Waals surface area contributed by atoms with Crippen LogP contribution in [-0.4, -0.2) is 35.6 Å². The van der Waals surface area contributed by atoms with E-state index in [1.807, 2.05) is 6.08 Å². The number of methoxy groups -OCH3 is 1. The van der Waals surface area contributed by atoms with Gasteiger partial charge in [0, 0.05) is 27.7 Å². The van der Waals surface area contributed by atoms with Gasteiger partial charge in [-0.05, 0) is 73.7 Å². The van der Waals surface area contributed by atoms with Gasteiger partial charge in [-0.3, -0.25) is 24.1 Å². The second-order valence-corrected chi connectivity index (χ2v) is 11.1. The molecule has 4 aliphatic rings. The largest absolute Gasteiger partial charge is 0.503 e. The highest BCUT2D eigenvalue weighted by molar-refractivity contribution is 6.32. The fraction of sp³-hybridized carbons (Fsp3) is 0.267. The highest BCUT2D eigenvalue weighted by Gasteiger charge is 2.56. The van der Waals surface area contributed by atoms with E-state index in [2.05, 4.69) is 0 Å². The lowest BCUT2D eigenvalue weighted by Gasteiger charge is -2.42. The number of phenols is 1. The van der Waals surface area contributed by atoms with Gasteiger partial charge in [0.1, 0.15) is 0 Å². The van der Waals surface area contributed by atoms with Crippen LogP contribution in [0.25, 0.3) is 0 Å². The van der Waals surface area contributed by atoms with Gasteiger partial charge in [-0.1, -0.05) is 34.9 Å². The molecule has 3 aliphatic carbocycles. The number of amides is 2. The Morgan fingerprint density at radius 2 is 1.72 bits per heavy atom. The predicted molar refractivity (Wildman–Crippen MR) is 145 cm³/mol. The SMILES string of the molecule is COc1cc([C@H]2C3=CC[C@@H]4C(=O)N(c5ccc(Cl)cc5)C(=O)[C@@H]4[C@@H]3CC3=C2C(=O)C=C(C)C3=O)cc(Cl)c1O. The van der Waals surface area contributed by atoms with Gasteiger partial charge in [0.05, 0.1) is 29.7 Å². The van der Waals surface area contributed by atoms with Crippen LogP contribution in [0.3, 0.4) is 0 Å². The lowest BCUT2D eigenvalue weighted by Crippen LogP contribution is -2.39. The fourth-order valence-corrected chi connectivity index (χ4v) is 6.87. The Morgan fingerprint density at radius 3 is 2.41 bits per heavy atom. The summed E-state index contributed by atoms with van der Waals surface area (Å²) in [4.78, 5) is 55.4. The number of hydrogen-bond donors (Lipinski definition) is 1. The fourth-order valence-electron chi connectivity index (χ4n) is 6.52. The molecule has 39 heavy (non-hydrogen) atoms. The number of rotatable bonds is 3. The summed E-state index contributed by atoms with van der Waals surface area (Å²) in [6.07, 6.45) is 3.74. The van der Waals surface area contributed by atoms with Crippen molar-refractivity contribution in [2.75, 3.05) is 12.0 Å². The molecule has 2 aromatic carbocycles. The maximum absolute atomic E-state index is 13.9. The summed E-state index contributed by atoms with van der Waals surface area (Å²) in [6.45, 7) is 1.60. The molecular formula is C30H23Cl2NO6. The second-order valence-electron chi connectivity index (χ2n) is 10.3. The van der Waals surface area contributed by atoms with Gasteiger partial charge in [-0.25, -0.2) is 0 Å². The summed E-state index contributed by atoms with van der Waals surface area (Å²) in [5.41, 5.74) is 2.79. The topological polar surface area (TPSA) is 101 Å². The zero-order valence-corrected chi connectivity index (χ0v) is 22.5. The number of anilines is 1. The quantitative estimate of drug-likeness (QED) is 0.307. The van der Waals surface area contributed by atoms with Crippen molar-refractivity contribution >= 4 is 52.3 Å². The molecule has 0 radical (unpaired) electrons. The summed E-state index contributed by atoms with van der Waals surface area (Å²) in [6, 6.07) is 9.66. The number of hydrogen-bond acceptors (Lipinski definition) is 6. The number of fused-ring (bicyclic) bond motifs is 3. The number of nitrogens with zero attached hydrogens (tertiary/aromatic N) is 1. The molecule has 9 heteroatoms. The van der Waals surface area contributed by atoms with E-state index in [9.17, 15) is 24.3 Å². The summed E-state index contributed by atoms with van der Waals surface area (Å²) in [5.74, 6) is -3.75. The normalized spacial score (nSPS) is 26.2. The van der Waals surface area contributed by atoms with Crippen LogP contribution in [0.5, 0.6) is 11.5 Å². The van der Waals surface area contributed by atoms with Crippen molar-refractivity contribution in [2.24, 2.45) is 17.8 Å². The van der Waals surface area contributed by atoms with E-state index in [4.69, 9.17) is 27.9 Å². The Bertz CT molecular complexity index is 1590. The van der Waals surface area contributed by atoms with Gasteiger partial charge in [0.25, 0.3) is 0 Å². The van der Waals surface area contributed by atoms with E-state index < -0.39 is 23.7 Å². The molecule has 1 aliphatic heterocycles. The van der Waals surface area contributed by atoms with E-state index in [0.717, 1.165) is 5.57 Å². The van der Waals surface area contributed by atoms with E-state index in [1.165, 1.54) is 18.1 Å². The molecule has 1 saturated heterocycles. The molecular weight excluding hydrogens is 541 g/mol. The van der Waals surface area contributed by atoms with Crippen molar-refractivity contribution in [3.8, 4) is 11.5 Å².